The molecule has 112 valence electrons. The molecule has 2 N–H and O–H groups in total. The van der Waals surface area contributed by atoms with Crippen LogP contribution in [0.25, 0.3) is 0 Å². The number of ether oxygens (including phenoxy) is 2. The van der Waals surface area contributed by atoms with Gasteiger partial charge in [0.2, 0.25) is 0 Å². The Morgan fingerprint density at radius 3 is 2.85 bits per heavy atom. The molecule has 0 fully saturated rings. The third-order valence-corrected chi connectivity index (χ3v) is 4.58. The van der Waals surface area contributed by atoms with Crippen molar-refractivity contribution in [3.8, 4) is 5.75 Å². The van der Waals surface area contributed by atoms with Crippen LogP contribution in [-0.4, -0.2) is 24.9 Å². The summed E-state index contributed by atoms with van der Waals surface area (Å²) in [5.74, 6) is 1.49. The van der Waals surface area contributed by atoms with Crippen molar-refractivity contribution in [1.29, 1.82) is 0 Å². The summed E-state index contributed by atoms with van der Waals surface area (Å²) in [6.07, 6.45) is 2.92. The van der Waals surface area contributed by atoms with Crippen LogP contribution in [-0.2, 0) is 4.74 Å². The van der Waals surface area contributed by atoms with Gasteiger partial charge in [0.25, 0.3) is 0 Å². The summed E-state index contributed by atoms with van der Waals surface area (Å²) in [5, 5.41) is 0. The first-order chi connectivity index (χ1) is 9.60. The molecule has 1 heterocycles. The Kier molecular flexibility index (Phi) is 5.06. The molecule has 0 bridgehead atoms. The SMILES string of the molecule is CCOC(C)(CC)C(N)CC1CCOc2ccccc21. The second kappa shape index (κ2) is 6.59. The highest BCUT2D eigenvalue weighted by Gasteiger charge is 2.34. The van der Waals surface area contributed by atoms with Crippen molar-refractivity contribution in [2.75, 3.05) is 13.2 Å². The summed E-state index contributed by atoms with van der Waals surface area (Å²) in [7, 11) is 0. The average Bonchev–Trinajstić information content (AvgIpc) is 2.47. The van der Waals surface area contributed by atoms with Gasteiger partial charge in [0, 0.05) is 12.6 Å². The highest BCUT2D eigenvalue weighted by atomic mass is 16.5. The zero-order valence-electron chi connectivity index (χ0n) is 12.9. The minimum absolute atomic E-state index is 0.0450. The van der Waals surface area contributed by atoms with Crippen molar-refractivity contribution in [3.05, 3.63) is 29.8 Å². The Morgan fingerprint density at radius 2 is 2.15 bits per heavy atom. The normalized spacial score (nSPS) is 22.5. The first-order valence-electron chi connectivity index (χ1n) is 7.72. The summed E-state index contributed by atoms with van der Waals surface area (Å²) in [4.78, 5) is 0. The molecule has 0 radical (unpaired) electrons. The fourth-order valence-corrected chi connectivity index (χ4v) is 3.02. The minimum Gasteiger partial charge on any atom is -0.493 e. The van der Waals surface area contributed by atoms with Gasteiger partial charge in [-0.25, -0.2) is 0 Å². The van der Waals surface area contributed by atoms with Gasteiger partial charge >= 0.3 is 0 Å². The van der Waals surface area contributed by atoms with E-state index in [0.717, 1.165) is 31.6 Å². The molecule has 0 saturated carbocycles. The molecule has 0 amide bonds. The molecule has 1 aromatic carbocycles. The second-order valence-corrected chi connectivity index (χ2v) is 5.81. The molecule has 20 heavy (non-hydrogen) atoms. The molecule has 3 nitrogen and oxygen atoms in total. The fourth-order valence-electron chi connectivity index (χ4n) is 3.02. The van der Waals surface area contributed by atoms with Crippen LogP contribution >= 0.6 is 0 Å². The standard InChI is InChI=1S/C17H27NO2/c1-4-17(3,20-5-2)16(18)12-13-10-11-19-15-9-7-6-8-14(13)15/h6-9,13,16H,4-5,10-12,18H2,1-3H3. The lowest BCUT2D eigenvalue weighted by atomic mass is 9.81. The number of hydrogen-bond donors (Lipinski definition) is 1. The van der Waals surface area contributed by atoms with Crippen molar-refractivity contribution in [1.82, 2.24) is 0 Å². The topological polar surface area (TPSA) is 44.5 Å². The van der Waals surface area contributed by atoms with Crippen molar-refractivity contribution >= 4 is 0 Å². The molecule has 1 aliphatic heterocycles. The van der Waals surface area contributed by atoms with E-state index < -0.39 is 0 Å². The molecule has 0 aliphatic carbocycles. The van der Waals surface area contributed by atoms with Crippen LogP contribution in [0.2, 0.25) is 0 Å². The average molecular weight is 277 g/mol. The highest BCUT2D eigenvalue weighted by molar-refractivity contribution is 5.37. The number of para-hydroxylation sites is 1. The van der Waals surface area contributed by atoms with Crippen LogP contribution < -0.4 is 10.5 Å². The van der Waals surface area contributed by atoms with Crippen LogP contribution in [0, 0.1) is 0 Å². The third kappa shape index (κ3) is 3.15. The van der Waals surface area contributed by atoms with Crippen LogP contribution in [0.5, 0.6) is 5.75 Å². The van der Waals surface area contributed by atoms with Crippen molar-refractivity contribution in [2.45, 2.75) is 57.6 Å². The molecule has 3 unspecified atom stereocenters. The van der Waals surface area contributed by atoms with E-state index in [9.17, 15) is 0 Å². The number of hydrogen-bond acceptors (Lipinski definition) is 3. The molecule has 1 aliphatic rings. The first-order valence-corrected chi connectivity index (χ1v) is 7.72. The molecule has 2 rings (SSSR count). The zero-order chi connectivity index (χ0) is 14.6. The predicted molar refractivity (Wildman–Crippen MR) is 82.2 cm³/mol. The van der Waals surface area contributed by atoms with Gasteiger partial charge in [-0.1, -0.05) is 25.1 Å². The maximum absolute atomic E-state index is 6.47. The quantitative estimate of drug-likeness (QED) is 0.866. The fraction of sp³-hybridized carbons (Fsp3) is 0.647. The summed E-state index contributed by atoms with van der Waals surface area (Å²) in [5.41, 5.74) is 7.53. The number of rotatable bonds is 6. The molecule has 0 aromatic heterocycles. The molecule has 3 atom stereocenters. The van der Waals surface area contributed by atoms with E-state index in [4.69, 9.17) is 15.2 Å². The summed E-state index contributed by atoms with van der Waals surface area (Å²) >= 11 is 0. The maximum atomic E-state index is 6.47. The van der Waals surface area contributed by atoms with E-state index in [1.807, 2.05) is 13.0 Å². The lowest BCUT2D eigenvalue weighted by molar-refractivity contribution is -0.0498. The summed E-state index contributed by atoms with van der Waals surface area (Å²) in [6.45, 7) is 7.80. The van der Waals surface area contributed by atoms with Gasteiger partial charge in [-0.05, 0) is 50.7 Å². The van der Waals surface area contributed by atoms with E-state index >= 15 is 0 Å². The molecule has 0 saturated heterocycles. The Hall–Kier alpha value is -1.06. The Labute approximate surface area is 122 Å². The largest absolute Gasteiger partial charge is 0.493 e. The monoisotopic (exact) mass is 277 g/mol. The van der Waals surface area contributed by atoms with E-state index in [1.54, 1.807) is 0 Å². The van der Waals surface area contributed by atoms with Crippen LogP contribution in [0.3, 0.4) is 0 Å². The molecule has 1 aromatic rings. The maximum Gasteiger partial charge on any atom is 0.122 e. The van der Waals surface area contributed by atoms with Crippen molar-refractivity contribution in [2.24, 2.45) is 5.73 Å². The van der Waals surface area contributed by atoms with E-state index in [0.29, 0.717) is 12.5 Å². The summed E-state index contributed by atoms with van der Waals surface area (Å²) < 4.78 is 11.6. The first kappa shape index (κ1) is 15.3. The predicted octanol–water partition coefficient (Wildman–Crippen LogP) is 3.48. The minimum atomic E-state index is -0.234. The lowest BCUT2D eigenvalue weighted by Crippen LogP contribution is -2.48. The van der Waals surface area contributed by atoms with Gasteiger partial charge in [0.15, 0.2) is 0 Å². The summed E-state index contributed by atoms with van der Waals surface area (Å²) in [6, 6.07) is 8.36. The van der Waals surface area contributed by atoms with Gasteiger partial charge in [-0.3, -0.25) is 0 Å². The van der Waals surface area contributed by atoms with Gasteiger partial charge in [-0.15, -0.1) is 0 Å². The second-order valence-electron chi connectivity index (χ2n) is 5.81. The van der Waals surface area contributed by atoms with E-state index in [2.05, 4.69) is 32.0 Å². The Bertz CT molecular complexity index is 435. The number of benzene rings is 1. The van der Waals surface area contributed by atoms with E-state index in [1.165, 1.54) is 5.56 Å². The smallest absolute Gasteiger partial charge is 0.122 e. The van der Waals surface area contributed by atoms with Gasteiger partial charge in [0.05, 0.1) is 12.2 Å². The van der Waals surface area contributed by atoms with Gasteiger partial charge < -0.3 is 15.2 Å². The van der Waals surface area contributed by atoms with Crippen molar-refractivity contribution < 1.29 is 9.47 Å². The molecule has 0 spiro atoms. The van der Waals surface area contributed by atoms with Crippen LogP contribution in [0.1, 0.15) is 51.5 Å². The van der Waals surface area contributed by atoms with E-state index in [-0.39, 0.29) is 11.6 Å². The Morgan fingerprint density at radius 1 is 1.40 bits per heavy atom. The number of nitrogens with two attached hydrogens (primary N) is 1. The molecule has 3 heteroatoms. The van der Waals surface area contributed by atoms with Gasteiger partial charge in [0.1, 0.15) is 5.75 Å². The van der Waals surface area contributed by atoms with Crippen LogP contribution in [0.15, 0.2) is 24.3 Å². The lowest BCUT2D eigenvalue weighted by Gasteiger charge is -2.37. The Balaban J connectivity index is 2.11. The third-order valence-electron chi connectivity index (χ3n) is 4.58. The zero-order valence-corrected chi connectivity index (χ0v) is 12.9. The number of fused-ring (bicyclic) bond motifs is 1. The van der Waals surface area contributed by atoms with Crippen molar-refractivity contribution in [3.63, 3.8) is 0 Å². The molecular formula is C17H27NO2. The van der Waals surface area contributed by atoms with Gasteiger partial charge in [-0.2, -0.15) is 0 Å². The van der Waals surface area contributed by atoms with Crippen LogP contribution in [0.4, 0.5) is 0 Å². The molecular weight excluding hydrogens is 250 g/mol. The highest BCUT2D eigenvalue weighted by Crippen LogP contribution is 2.37.